The van der Waals surface area contributed by atoms with Crippen LogP contribution in [0.15, 0.2) is 188 Å². The number of halogens is 8. The minimum atomic E-state index is -0.785. The summed E-state index contributed by atoms with van der Waals surface area (Å²) < 4.78 is 53.9. The van der Waals surface area contributed by atoms with Crippen LogP contribution in [-0.2, 0) is 61.1 Å². The van der Waals surface area contributed by atoms with Crippen LogP contribution in [0.2, 0.25) is 0 Å². The summed E-state index contributed by atoms with van der Waals surface area (Å²) in [6.07, 6.45) is -2.85. The van der Waals surface area contributed by atoms with Crippen molar-refractivity contribution in [3.05, 3.63) is 264 Å². The number of hydrogen-bond acceptors (Lipinski definition) is 23. The predicted octanol–water partition coefficient (Wildman–Crippen LogP) is 17.7. The average molecular weight is 2370 g/mol. The Labute approximate surface area is 869 Å². The smallest absolute Gasteiger partial charge is 0.149 e. The van der Waals surface area contributed by atoms with Crippen LogP contribution >= 0.6 is 137 Å². The molecular weight excluding hydrogens is 2240 g/mol. The third-order valence-corrected chi connectivity index (χ3v) is 28.8. The first-order valence-electron chi connectivity index (χ1n) is 45.0. The van der Waals surface area contributed by atoms with Gasteiger partial charge in [-0.3, -0.25) is 4.90 Å². The molecule has 135 heavy (non-hydrogen) atoms. The number of hydrogen-bond donors (Lipinski definition) is 8. The molecule has 0 saturated carbocycles. The van der Waals surface area contributed by atoms with Crippen LogP contribution in [0.25, 0.3) is 0 Å². The van der Waals surface area contributed by atoms with Crippen molar-refractivity contribution in [1.29, 1.82) is 0 Å². The van der Waals surface area contributed by atoms with Crippen LogP contribution in [0.4, 0.5) is 0 Å². The number of alkyl halides is 4. The molecule has 0 aliphatic carbocycles. The van der Waals surface area contributed by atoms with Gasteiger partial charge in [0, 0.05) is 102 Å². The SMILES string of the molecule is CC(CCl)COc1ccc(C(C)(C)c2ccc(OCC(O)Cn3nnc([123I])c3CO)cc2)cc1.C[C@@H](CCl)COc1ccc(C(C)(C)c2ccc(OC[C@@H](O)Cn3nnc([123I])c3CO)cc2)cc1.C[C@H](CCl)COc1ccc(C(C)(C)c2ccc(OC[C@@H](O)CN3CCNCC3)cc2)cc1[123I].C[C@H](CCl)COc1ccc(C(C)(C)c2ccc(OC[C@H](O)Cn3nnc([123I])c3CO)cc2)cc1. The summed E-state index contributed by atoms with van der Waals surface area (Å²) in [5.41, 5.74) is 10.4. The number of aliphatic hydroxyl groups is 7. The average Bonchev–Trinajstić information content (AvgIpc) is 1.68. The highest BCUT2D eigenvalue weighted by atomic mass is 123. The fourth-order valence-corrected chi connectivity index (χ4v) is 16.8. The first-order valence-corrected chi connectivity index (χ1v) is 51.5. The van der Waals surface area contributed by atoms with Crippen LogP contribution in [0.5, 0.6) is 46.0 Å². The number of aromatic nitrogens is 9. The van der Waals surface area contributed by atoms with Crippen molar-refractivity contribution in [1.82, 2.24) is 55.2 Å². The summed E-state index contributed by atoms with van der Waals surface area (Å²) >= 11 is 31.8. The molecule has 4 heterocycles. The van der Waals surface area contributed by atoms with E-state index in [1.165, 1.54) is 41.9 Å². The molecule has 8 aromatic carbocycles. The Kier molecular flexibility index (Phi) is 46.0. The Morgan fingerprint density at radius 2 is 0.533 bits per heavy atom. The summed E-state index contributed by atoms with van der Waals surface area (Å²) in [6, 6.07) is 62.8. The van der Waals surface area contributed by atoms with Crippen molar-refractivity contribution in [2.45, 2.75) is 169 Å². The first-order chi connectivity index (χ1) is 64.5. The Hall–Kier alpha value is -6.70. The molecule has 0 bridgehead atoms. The summed E-state index contributed by atoms with van der Waals surface area (Å²) in [5, 5.41) is 96.4. The summed E-state index contributed by atoms with van der Waals surface area (Å²) in [4.78, 5) is 2.27. The minimum Gasteiger partial charge on any atom is -0.493 e. The molecule has 12 rings (SSSR count). The third kappa shape index (κ3) is 34.3. The molecule has 734 valence electrons. The molecule has 1 aliphatic heterocycles. The lowest BCUT2D eigenvalue weighted by Crippen LogP contribution is -2.47. The standard InChI is InChI=1S/C26H36ClIN2O3.3C25H31ClIN3O4/c1-19(15-27)17-33-25-9-6-21(14-24(25)28)26(2,3)20-4-7-23(8-5-20)32-18-22(31)16-30-12-10-29-11-13-30;3*1-17(12-26)15-33-21-8-4-18(5-9-21)25(2,3)19-6-10-22(11-7-19)34-16-20(32)13-30-23(14-31)24(27)28-29-30/h4-9,14,19,22,29,31H,10-13,15-18H2,1-3H3;3*4-11,17,20,31-32H,12-16H2,1-3H3/t19-,22+;2*17-,20-;/m110./s1/i28-4;3*27-4. The topological polar surface area (TPSA) is 323 Å². The number of rotatable bonds is 47. The van der Waals surface area contributed by atoms with Crippen molar-refractivity contribution in [3.63, 3.8) is 0 Å². The Morgan fingerprint density at radius 3 is 0.763 bits per heavy atom. The molecule has 34 heteroatoms. The molecule has 0 amide bonds. The maximum absolute atomic E-state index is 10.3. The van der Waals surface area contributed by atoms with E-state index in [0.29, 0.717) is 132 Å². The maximum atomic E-state index is 10.3. The Morgan fingerprint density at radius 1 is 0.319 bits per heavy atom. The van der Waals surface area contributed by atoms with E-state index < -0.39 is 24.4 Å². The molecule has 0 radical (unpaired) electrons. The third-order valence-electron chi connectivity index (χ3n) is 23.3. The number of ether oxygens (including phenoxy) is 8. The lowest BCUT2D eigenvalue weighted by Gasteiger charge is -2.29. The summed E-state index contributed by atoms with van der Waals surface area (Å²) in [7, 11) is 0. The van der Waals surface area contributed by atoms with Gasteiger partial charge >= 0.3 is 0 Å². The van der Waals surface area contributed by atoms with Gasteiger partial charge in [-0.25, -0.2) is 14.0 Å². The number of piperazine rings is 1. The van der Waals surface area contributed by atoms with Gasteiger partial charge < -0.3 is 79.0 Å². The number of nitrogens with zero attached hydrogens (tertiary/aromatic N) is 10. The van der Waals surface area contributed by atoms with Crippen molar-refractivity contribution >= 4 is 137 Å². The van der Waals surface area contributed by atoms with Crippen molar-refractivity contribution < 1.29 is 73.6 Å². The minimum absolute atomic E-state index is 0.105. The Bertz CT molecular complexity index is 4900. The molecule has 8 N–H and O–H groups in total. The van der Waals surface area contributed by atoms with Crippen molar-refractivity contribution in [2.75, 3.05) is 109 Å². The van der Waals surface area contributed by atoms with Crippen LogP contribution in [0.1, 0.15) is 145 Å². The van der Waals surface area contributed by atoms with Crippen LogP contribution in [-0.4, -0.2) is 219 Å². The van der Waals surface area contributed by atoms with Crippen LogP contribution in [0.3, 0.4) is 0 Å². The van der Waals surface area contributed by atoms with E-state index in [2.05, 4.69) is 214 Å². The molecule has 3 aromatic heterocycles. The van der Waals surface area contributed by atoms with Crippen molar-refractivity contribution in [2.24, 2.45) is 23.7 Å². The molecule has 1 fully saturated rings. The molecule has 8 atom stereocenters. The molecular formula is C101H129Cl4I4N11O15. The molecule has 0 spiro atoms. The maximum Gasteiger partial charge on any atom is 0.149 e. The van der Waals surface area contributed by atoms with E-state index in [-0.39, 0.29) is 80.9 Å². The van der Waals surface area contributed by atoms with Gasteiger partial charge in [-0.1, -0.05) is 190 Å². The van der Waals surface area contributed by atoms with E-state index in [9.17, 15) is 35.7 Å². The fraction of sp³-hybridized carbons (Fsp3) is 0.465. The van der Waals surface area contributed by atoms with Gasteiger partial charge in [-0.15, -0.1) is 61.7 Å². The predicted molar refractivity (Wildman–Crippen MR) is 566 cm³/mol. The Balaban J connectivity index is 0.000000202. The van der Waals surface area contributed by atoms with Crippen LogP contribution in [0, 0.1) is 38.3 Å². The normalized spacial score (nSPS) is 14.3. The molecule has 2 unspecified atom stereocenters. The number of aliphatic hydroxyl groups excluding tert-OH is 7. The highest BCUT2D eigenvalue weighted by Gasteiger charge is 2.30. The first kappa shape index (κ1) is 112. The van der Waals surface area contributed by atoms with Crippen molar-refractivity contribution in [3.8, 4) is 46.0 Å². The number of benzene rings is 8. The quantitative estimate of drug-likeness (QED) is 0.0130. The molecule has 26 nitrogen and oxygen atoms in total. The summed E-state index contributed by atoms with van der Waals surface area (Å²) in [5.74, 6) is 9.79. The zero-order valence-electron chi connectivity index (χ0n) is 78.7. The second kappa shape index (κ2) is 55.5. The lowest BCUT2D eigenvalue weighted by atomic mass is 9.78. The number of β-amino-alcohol motifs (C(OH)–C–C–N with tert-alkyl or cyclic N) is 1. The number of nitrogens with one attached hydrogen (secondary N) is 1. The molecule has 1 saturated heterocycles. The van der Waals surface area contributed by atoms with Gasteiger partial charge in [-0.2, -0.15) is 0 Å². The fourth-order valence-electron chi connectivity index (χ4n) is 14.2. The molecule has 11 aromatic rings. The van der Waals surface area contributed by atoms with E-state index >= 15 is 0 Å². The second-order valence-electron chi connectivity index (χ2n) is 36.0. The van der Waals surface area contributed by atoms with E-state index in [0.717, 1.165) is 75.2 Å². The van der Waals surface area contributed by atoms with Gasteiger partial charge in [0.1, 0.15) is 108 Å². The van der Waals surface area contributed by atoms with Gasteiger partial charge in [0.05, 0.1) is 86.5 Å². The monoisotopic (exact) mass is 2370 g/mol. The van der Waals surface area contributed by atoms with E-state index in [1.54, 1.807) is 0 Å². The van der Waals surface area contributed by atoms with Gasteiger partial charge in [0.25, 0.3) is 0 Å². The van der Waals surface area contributed by atoms with Gasteiger partial charge in [0.2, 0.25) is 0 Å². The largest absolute Gasteiger partial charge is 0.493 e. The zero-order chi connectivity index (χ0) is 98.0. The molecule has 1 aliphatic rings. The van der Waals surface area contributed by atoms with Crippen LogP contribution < -0.4 is 43.2 Å². The second-order valence-corrected chi connectivity index (χ2v) is 41.5. The summed E-state index contributed by atoms with van der Waals surface area (Å²) in [6.45, 7) is 33.4. The zero-order valence-corrected chi connectivity index (χ0v) is 90.3. The lowest BCUT2D eigenvalue weighted by molar-refractivity contribution is 0.0641. The highest BCUT2D eigenvalue weighted by Crippen LogP contribution is 2.40. The van der Waals surface area contributed by atoms with E-state index in [1.807, 2.05) is 189 Å². The van der Waals surface area contributed by atoms with Gasteiger partial charge in [0.15, 0.2) is 0 Å². The van der Waals surface area contributed by atoms with Gasteiger partial charge in [-0.05, 0) is 232 Å². The van der Waals surface area contributed by atoms with E-state index in [4.69, 9.17) is 84.3 Å². The highest BCUT2D eigenvalue weighted by molar-refractivity contribution is 14.1.